The fraction of sp³-hybridized carbons (Fsp3) is 0.467. The van der Waals surface area contributed by atoms with Gasteiger partial charge >= 0.3 is 6.18 Å². The third-order valence-corrected chi connectivity index (χ3v) is 3.16. The molecule has 9 heteroatoms. The van der Waals surface area contributed by atoms with Crippen molar-refractivity contribution in [2.75, 3.05) is 27.2 Å². The SMILES string of the molecule is CN=C(NCC(=O)N(C)CC(F)(F)F)NCc1ccc(F)c(C)c1. The van der Waals surface area contributed by atoms with E-state index in [4.69, 9.17) is 0 Å². The Bertz CT molecular complexity index is 602. The summed E-state index contributed by atoms with van der Waals surface area (Å²) in [5.41, 5.74) is 1.30. The minimum Gasteiger partial charge on any atom is -0.352 e. The number of nitrogens with zero attached hydrogens (tertiary/aromatic N) is 2. The standard InChI is InChI=1S/C15H20F4N4O/c1-10-6-11(4-5-12(10)16)7-21-14(20-2)22-8-13(24)23(3)9-15(17,18)19/h4-6H,7-9H2,1-3H3,(H2,20,21,22). The van der Waals surface area contributed by atoms with Crippen molar-refractivity contribution in [3.63, 3.8) is 0 Å². The molecular formula is C15H20F4N4O. The molecule has 5 nitrogen and oxygen atoms in total. The smallest absolute Gasteiger partial charge is 0.352 e. The summed E-state index contributed by atoms with van der Waals surface area (Å²) in [5.74, 6) is -0.766. The zero-order valence-corrected chi connectivity index (χ0v) is 13.7. The zero-order chi connectivity index (χ0) is 18.3. The molecule has 24 heavy (non-hydrogen) atoms. The second-order valence-electron chi connectivity index (χ2n) is 5.23. The predicted octanol–water partition coefficient (Wildman–Crippen LogP) is 1.82. The number of carbonyl (C=O) groups is 1. The van der Waals surface area contributed by atoms with Crippen LogP contribution in [0.1, 0.15) is 11.1 Å². The Morgan fingerprint density at radius 1 is 1.29 bits per heavy atom. The summed E-state index contributed by atoms with van der Waals surface area (Å²) < 4.78 is 49.9. The van der Waals surface area contributed by atoms with Gasteiger partial charge in [-0.3, -0.25) is 9.79 Å². The fourth-order valence-electron chi connectivity index (χ4n) is 1.87. The van der Waals surface area contributed by atoms with Gasteiger partial charge in [0, 0.05) is 20.6 Å². The molecule has 0 saturated heterocycles. The van der Waals surface area contributed by atoms with Gasteiger partial charge in [-0.15, -0.1) is 0 Å². The van der Waals surface area contributed by atoms with E-state index in [1.54, 1.807) is 19.1 Å². The third kappa shape index (κ3) is 6.84. The number of alkyl halides is 3. The molecule has 0 unspecified atom stereocenters. The van der Waals surface area contributed by atoms with Gasteiger partial charge in [-0.1, -0.05) is 12.1 Å². The first-order chi connectivity index (χ1) is 11.1. The molecule has 2 N–H and O–H groups in total. The van der Waals surface area contributed by atoms with Gasteiger partial charge < -0.3 is 15.5 Å². The lowest BCUT2D eigenvalue weighted by Gasteiger charge is -2.20. The number of hydrogen-bond acceptors (Lipinski definition) is 2. The van der Waals surface area contributed by atoms with Crippen LogP contribution in [0.5, 0.6) is 0 Å². The first kappa shape index (κ1) is 19.7. The van der Waals surface area contributed by atoms with Crippen molar-refractivity contribution in [2.24, 2.45) is 4.99 Å². The van der Waals surface area contributed by atoms with Crippen LogP contribution in [0.15, 0.2) is 23.2 Å². The van der Waals surface area contributed by atoms with Crippen LogP contribution in [-0.2, 0) is 11.3 Å². The summed E-state index contributed by atoms with van der Waals surface area (Å²) >= 11 is 0. The van der Waals surface area contributed by atoms with Gasteiger partial charge in [-0.2, -0.15) is 13.2 Å². The molecule has 0 heterocycles. The molecule has 0 bridgehead atoms. The van der Waals surface area contributed by atoms with Gasteiger partial charge in [0.15, 0.2) is 5.96 Å². The topological polar surface area (TPSA) is 56.7 Å². The number of hydrogen-bond donors (Lipinski definition) is 2. The van der Waals surface area contributed by atoms with Crippen LogP contribution < -0.4 is 10.6 Å². The Balaban J connectivity index is 2.47. The maximum absolute atomic E-state index is 13.2. The van der Waals surface area contributed by atoms with E-state index >= 15 is 0 Å². The lowest BCUT2D eigenvalue weighted by Crippen LogP contribution is -2.45. The minimum atomic E-state index is -4.44. The van der Waals surface area contributed by atoms with Gasteiger partial charge in [-0.05, 0) is 24.1 Å². The maximum atomic E-state index is 13.2. The van der Waals surface area contributed by atoms with E-state index in [2.05, 4.69) is 15.6 Å². The fourth-order valence-corrected chi connectivity index (χ4v) is 1.87. The zero-order valence-electron chi connectivity index (χ0n) is 13.7. The predicted molar refractivity (Wildman–Crippen MR) is 83.0 cm³/mol. The molecule has 0 radical (unpaired) electrons. The Hall–Kier alpha value is -2.32. The Morgan fingerprint density at radius 3 is 2.50 bits per heavy atom. The molecule has 0 saturated carbocycles. The number of nitrogens with one attached hydrogen (secondary N) is 2. The second kappa shape index (κ2) is 8.51. The van der Waals surface area contributed by atoms with E-state index in [1.807, 2.05) is 0 Å². The summed E-state index contributed by atoms with van der Waals surface area (Å²) in [6, 6.07) is 4.61. The Kier molecular flexibility index (Phi) is 6.99. The van der Waals surface area contributed by atoms with Gasteiger partial charge in [0.25, 0.3) is 0 Å². The van der Waals surface area contributed by atoms with Gasteiger partial charge in [0.2, 0.25) is 5.91 Å². The molecule has 134 valence electrons. The van der Waals surface area contributed by atoms with Crippen LogP contribution >= 0.6 is 0 Å². The summed E-state index contributed by atoms with van der Waals surface area (Å²) in [6.07, 6.45) is -4.44. The van der Waals surface area contributed by atoms with Crippen molar-refractivity contribution in [1.29, 1.82) is 0 Å². The number of aryl methyl sites for hydroxylation is 1. The van der Waals surface area contributed by atoms with E-state index in [-0.39, 0.29) is 18.3 Å². The van der Waals surface area contributed by atoms with E-state index in [9.17, 15) is 22.4 Å². The van der Waals surface area contributed by atoms with Gasteiger partial charge in [0.05, 0.1) is 6.54 Å². The van der Waals surface area contributed by atoms with E-state index in [0.717, 1.165) is 12.6 Å². The maximum Gasteiger partial charge on any atom is 0.406 e. The van der Waals surface area contributed by atoms with Crippen LogP contribution in [0.2, 0.25) is 0 Å². The molecule has 1 rings (SSSR count). The van der Waals surface area contributed by atoms with Crippen molar-refractivity contribution in [1.82, 2.24) is 15.5 Å². The van der Waals surface area contributed by atoms with Gasteiger partial charge in [-0.25, -0.2) is 4.39 Å². The quantitative estimate of drug-likeness (QED) is 0.485. The number of benzene rings is 1. The molecule has 1 aromatic rings. The minimum absolute atomic E-state index is 0.255. The van der Waals surface area contributed by atoms with Crippen molar-refractivity contribution >= 4 is 11.9 Å². The van der Waals surface area contributed by atoms with Crippen LogP contribution in [0.3, 0.4) is 0 Å². The van der Waals surface area contributed by atoms with E-state index in [0.29, 0.717) is 17.0 Å². The highest BCUT2D eigenvalue weighted by Gasteiger charge is 2.31. The highest BCUT2D eigenvalue weighted by molar-refractivity contribution is 5.86. The van der Waals surface area contributed by atoms with Crippen molar-refractivity contribution in [2.45, 2.75) is 19.6 Å². The molecule has 0 aromatic heterocycles. The highest BCUT2D eigenvalue weighted by atomic mass is 19.4. The summed E-state index contributed by atoms with van der Waals surface area (Å²) in [6.45, 7) is 0.331. The van der Waals surface area contributed by atoms with Gasteiger partial charge in [0.1, 0.15) is 12.4 Å². The molecule has 1 amide bonds. The summed E-state index contributed by atoms with van der Waals surface area (Å²) in [4.78, 5) is 16.1. The monoisotopic (exact) mass is 348 g/mol. The number of guanidine groups is 1. The summed E-state index contributed by atoms with van der Waals surface area (Å²) in [5, 5.41) is 5.54. The molecule has 0 aliphatic heterocycles. The van der Waals surface area contributed by atoms with Crippen LogP contribution in [0, 0.1) is 12.7 Å². The summed E-state index contributed by atoms with van der Waals surface area (Å²) in [7, 11) is 2.55. The van der Waals surface area contributed by atoms with Crippen molar-refractivity contribution < 1.29 is 22.4 Å². The molecule has 1 aromatic carbocycles. The first-order valence-electron chi connectivity index (χ1n) is 7.12. The van der Waals surface area contributed by atoms with E-state index in [1.165, 1.54) is 13.1 Å². The molecule has 0 aliphatic carbocycles. The van der Waals surface area contributed by atoms with E-state index < -0.39 is 18.6 Å². The van der Waals surface area contributed by atoms with Crippen molar-refractivity contribution in [3.8, 4) is 0 Å². The Labute approximate surface area is 137 Å². The highest BCUT2D eigenvalue weighted by Crippen LogP contribution is 2.15. The van der Waals surface area contributed by atoms with Crippen molar-refractivity contribution in [3.05, 3.63) is 35.1 Å². The molecule has 0 aliphatic rings. The number of halogens is 4. The largest absolute Gasteiger partial charge is 0.406 e. The molecule has 0 fully saturated rings. The number of amides is 1. The average Bonchev–Trinajstić information content (AvgIpc) is 2.48. The lowest BCUT2D eigenvalue weighted by atomic mass is 10.1. The lowest BCUT2D eigenvalue weighted by molar-refractivity contribution is -0.157. The van der Waals surface area contributed by atoms with Crippen LogP contribution in [-0.4, -0.2) is 50.1 Å². The average molecular weight is 348 g/mol. The molecule has 0 atom stereocenters. The molecular weight excluding hydrogens is 328 g/mol. The number of aliphatic imine (C=N–C) groups is 1. The first-order valence-corrected chi connectivity index (χ1v) is 7.12. The number of rotatable bonds is 5. The normalized spacial score (nSPS) is 12.0. The molecule has 0 spiro atoms. The van der Waals surface area contributed by atoms with Crippen LogP contribution in [0.25, 0.3) is 0 Å². The van der Waals surface area contributed by atoms with Crippen LogP contribution in [0.4, 0.5) is 17.6 Å². The number of carbonyl (C=O) groups excluding carboxylic acids is 1. The second-order valence-corrected chi connectivity index (χ2v) is 5.23. The number of likely N-dealkylation sites (N-methyl/N-ethyl adjacent to an activating group) is 1. The Morgan fingerprint density at radius 2 is 1.96 bits per heavy atom. The third-order valence-electron chi connectivity index (χ3n) is 3.16.